The Hall–Kier alpha value is -6.50. The first-order valence-corrected chi connectivity index (χ1v) is 22.1. The normalized spacial score (nSPS) is 11.4. The number of aliphatic hydroxyl groups excluding tert-OH is 1. The van der Waals surface area contributed by atoms with Crippen LogP contribution in [-0.4, -0.2) is 78.8 Å². The first-order valence-electron chi connectivity index (χ1n) is 22.1. The minimum atomic E-state index is -0.970. The molecule has 6 aromatic rings. The van der Waals surface area contributed by atoms with Crippen LogP contribution in [0.2, 0.25) is 0 Å². The molecule has 2 amide bonds. The molecule has 0 aliphatic carbocycles. The van der Waals surface area contributed by atoms with Crippen molar-refractivity contribution < 1.29 is 83.0 Å². The number of hydrogen-bond acceptors (Lipinski definition) is 13. The SMILES string of the molecule is CC(C)(C)c1cc(C(C)(C)CO)c(O)cc1NC(=O)c1c[nH]c2ccccc2c1=O.COC(=O)OCC(C)(C)c1cc(C(C)(C)C)c(NC(=O)c2c[nH]c3ccccc3c2=O)cc1OC(=O)OC.C[O-].[Na+]. The molecule has 0 aliphatic heterocycles. The van der Waals surface area contributed by atoms with Gasteiger partial charge < -0.3 is 54.9 Å². The average Bonchev–Trinajstić information content (AvgIpc) is 3.31. The number of para-hydroxylation sites is 2. The third-order valence-electron chi connectivity index (χ3n) is 11.4. The molecule has 0 bridgehead atoms. The van der Waals surface area contributed by atoms with E-state index in [4.69, 9.17) is 14.6 Å². The number of hydrogen-bond donors (Lipinski definition) is 6. The van der Waals surface area contributed by atoms with Crippen LogP contribution in [0, 0.1) is 0 Å². The summed E-state index contributed by atoms with van der Waals surface area (Å²) in [4.78, 5) is 81.7. The number of carbonyl (C=O) groups excluding carboxylic acids is 4. The second-order valence-corrected chi connectivity index (χ2v) is 19.6. The topological polar surface area (TPSA) is 258 Å². The summed E-state index contributed by atoms with van der Waals surface area (Å²) < 4.78 is 19.9. The largest absolute Gasteiger partial charge is 1.00 e. The van der Waals surface area contributed by atoms with Gasteiger partial charge in [-0.3, -0.25) is 19.2 Å². The number of methoxy groups -OCH3 is 2. The second kappa shape index (κ2) is 24.1. The van der Waals surface area contributed by atoms with Gasteiger partial charge in [0, 0.05) is 79.7 Å². The summed E-state index contributed by atoms with van der Waals surface area (Å²) in [7, 11) is 3.13. The van der Waals surface area contributed by atoms with E-state index in [0.717, 1.165) is 12.7 Å². The van der Waals surface area contributed by atoms with E-state index in [2.05, 4.69) is 30.1 Å². The van der Waals surface area contributed by atoms with Crippen molar-refractivity contribution in [3.05, 3.63) is 139 Å². The minimum absolute atomic E-state index is 0. The number of pyridine rings is 2. The Morgan fingerprint density at radius 1 is 0.606 bits per heavy atom. The molecule has 4 aromatic carbocycles. The molecule has 2 heterocycles. The van der Waals surface area contributed by atoms with E-state index in [9.17, 15) is 39.0 Å². The summed E-state index contributed by atoms with van der Waals surface area (Å²) in [5.41, 5.74) is 1.44. The molecule has 0 atom stereocenters. The molecular formula is C53H63N4NaO13. The zero-order chi connectivity index (χ0) is 52.5. The Kier molecular flexibility index (Phi) is 19.9. The number of rotatable bonds is 10. The number of phenolic OH excluding ortho intramolecular Hbond substituents is 1. The van der Waals surface area contributed by atoms with Gasteiger partial charge in [-0.05, 0) is 58.4 Å². The number of benzene rings is 4. The standard InChI is InChI=1S/C28H32N2O8.C24H28N2O4.CH3O.Na/c1-27(2,3)18-12-19(28(4,5)15-37-25(33)35-6)22(38-26(34)36-7)13-21(18)30-24(32)17-14-29-20-11-9-8-10-16(20)23(17)31;1-23(2,3)16-10-17(24(4,5)13-27)20(28)11-19(16)26-22(30)15-12-25-18-9-7-6-8-14(18)21(15)29;1-2;/h8-14H,15H2,1-7H3,(H,29,31)(H,30,32);6-12,27-28H,13H2,1-5H3,(H,25,29)(H,26,30);1H3;/q;;-1;+1. The number of anilines is 2. The van der Waals surface area contributed by atoms with Crippen molar-refractivity contribution in [2.75, 3.05) is 45.2 Å². The Balaban J connectivity index is 0.000000366. The van der Waals surface area contributed by atoms with Crippen molar-refractivity contribution in [1.29, 1.82) is 0 Å². The van der Waals surface area contributed by atoms with Gasteiger partial charge in [-0.25, -0.2) is 9.59 Å². The van der Waals surface area contributed by atoms with Crippen molar-refractivity contribution in [2.24, 2.45) is 0 Å². The number of aromatic nitrogens is 2. The predicted octanol–water partition coefficient (Wildman–Crippen LogP) is 5.32. The number of ether oxygens (including phenoxy) is 4. The Morgan fingerprint density at radius 3 is 1.45 bits per heavy atom. The summed E-state index contributed by atoms with van der Waals surface area (Å²) in [6.07, 6.45) is 0.946. The number of fused-ring (bicyclic) bond motifs is 2. The first-order chi connectivity index (χ1) is 32.7. The zero-order valence-corrected chi connectivity index (χ0v) is 44.9. The molecule has 0 unspecified atom stereocenters. The molecule has 0 spiro atoms. The van der Waals surface area contributed by atoms with Crippen LogP contribution in [-0.2, 0) is 35.9 Å². The van der Waals surface area contributed by atoms with Gasteiger partial charge in [-0.15, -0.1) is 0 Å². The molecule has 6 N–H and O–H groups in total. The average molecular weight is 987 g/mol. The Morgan fingerprint density at radius 2 is 1.03 bits per heavy atom. The molecule has 374 valence electrons. The van der Waals surface area contributed by atoms with Gasteiger partial charge >= 0.3 is 41.9 Å². The Labute approximate surface area is 434 Å². The molecule has 17 nitrogen and oxygen atoms in total. The van der Waals surface area contributed by atoms with Crippen LogP contribution in [0.5, 0.6) is 11.5 Å². The van der Waals surface area contributed by atoms with Gasteiger partial charge in [0.1, 0.15) is 29.2 Å². The number of aromatic amines is 2. The molecule has 0 saturated heterocycles. The van der Waals surface area contributed by atoms with Gasteiger partial charge in [-0.1, -0.05) is 93.5 Å². The first kappa shape index (κ1) is 58.8. The predicted molar refractivity (Wildman–Crippen MR) is 267 cm³/mol. The fraction of sp³-hybridized carbons (Fsp3) is 0.358. The van der Waals surface area contributed by atoms with E-state index in [1.165, 1.54) is 38.7 Å². The third-order valence-corrected chi connectivity index (χ3v) is 11.4. The van der Waals surface area contributed by atoms with Crippen LogP contribution in [0.15, 0.2) is 94.8 Å². The van der Waals surface area contributed by atoms with Crippen molar-refractivity contribution in [1.82, 2.24) is 9.97 Å². The fourth-order valence-electron chi connectivity index (χ4n) is 7.42. The van der Waals surface area contributed by atoms with Crippen LogP contribution in [0.3, 0.4) is 0 Å². The number of amides is 2. The van der Waals surface area contributed by atoms with Crippen molar-refractivity contribution in [2.45, 2.75) is 90.9 Å². The van der Waals surface area contributed by atoms with E-state index >= 15 is 0 Å². The Bertz CT molecular complexity index is 3020. The van der Waals surface area contributed by atoms with Crippen LogP contribution in [0.25, 0.3) is 21.8 Å². The molecular weight excluding hydrogens is 924 g/mol. The van der Waals surface area contributed by atoms with E-state index in [1.807, 2.05) is 67.5 Å². The molecule has 6 rings (SSSR count). The van der Waals surface area contributed by atoms with E-state index in [0.29, 0.717) is 49.9 Å². The van der Waals surface area contributed by atoms with Crippen molar-refractivity contribution in [3.8, 4) is 11.5 Å². The van der Waals surface area contributed by atoms with Crippen LogP contribution < -0.4 is 60.9 Å². The monoisotopic (exact) mass is 986 g/mol. The summed E-state index contributed by atoms with van der Waals surface area (Å²) in [5.74, 6) is -1.12. The van der Waals surface area contributed by atoms with Gasteiger partial charge in [-0.2, -0.15) is 7.11 Å². The molecule has 0 radical (unpaired) electrons. The molecule has 2 aromatic heterocycles. The van der Waals surface area contributed by atoms with Crippen LogP contribution in [0.4, 0.5) is 21.0 Å². The van der Waals surface area contributed by atoms with Gasteiger partial charge in [0.15, 0.2) is 0 Å². The number of carbonyl (C=O) groups is 4. The van der Waals surface area contributed by atoms with Gasteiger partial charge in [0.2, 0.25) is 10.9 Å². The molecule has 0 saturated carbocycles. The van der Waals surface area contributed by atoms with Crippen molar-refractivity contribution >= 4 is 57.3 Å². The number of nitrogens with one attached hydrogen (secondary N) is 4. The quantitative estimate of drug-likeness (QED) is 0.0578. The number of H-pyrrole nitrogens is 2. The number of aliphatic hydroxyl groups is 1. The third kappa shape index (κ3) is 14.1. The second-order valence-electron chi connectivity index (χ2n) is 19.6. The maximum Gasteiger partial charge on any atom is 1.00 e. The van der Waals surface area contributed by atoms with Gasteiger partial charge in [0.25, 0.3) is 11.8 Å². The summed E-state index contributed by atoms with van der Waals surface area (Å²) in [6.45, 7) is 18.9. The van der Waals surface area contributed by atoms with E-state index in [-0.39, 0.29) is 76.2 Å². The van der Waals surface area contributed by atoms with Gasteiger partial charge in [0.05, 0.1) is 20.8 Å². The van der Waals surface area contributed by atoms with Crippen LogP contribution >= 0.6 is 0 Å². The summed E-state index contributed by atoms with van der Waals surface area (Å²) in [5, 5.41) is 35.0. The summed E-state index contributed by atoms with van der Waals surface area (Å²) in [6, 6.07) is 20.5. The molecule has 0 fully saturated rings. The fourth-order valence-corrected chi connectivity index (χ4v) is 7.42. The molecule has 18 heteroatoms. The maximum atomic E-state index is 13.3. The molecule has 71 heavy (non-hydrogen) atoms. The van der Waals surface area contributed by atoms with Crippen LogP contribution in [0.1, 0.15) is 112 Å². The van der Waals surface area contributed by atoms with E-state index < -0.39 is 45.8 Å². The zero-order valence-electron chi connectivity index (χ0n) is 42.9. The van der Waals surface area contributed by atoms with E-state index in [1.54, 1.807) is 62.4 Å². The molecule has 0 aliphatic rings. The minimum Gasteiger partial charge on any atom is -0.857 e. The number of phenols is 1. The summed E-state index contributed by atoms with van der Waals surface area (Å²) >= 11 is 0. The maximum absolute atomic E-state index is 13.3. The van der Waals surface area contributed by atoms with Crippen molar-refractivity contribution in [3.63, 3.8) is 0 Å². The smallest absolute Gasteiger partial charge is 0.857 e. The number of aromatic hydroxyl groups is 1.